The number of carbonyl (C=O) groups excluding carboxylic acids is 3. The lowest BCUT2D eigenvalue weighted by Gasteiger charge is -2.33. The summed E-state index contributed by atoms with van der Waals surface area (Å²) in [5.74, 6) is -0.235. The summed E-state index contributed by atoms with van der Waals surface area (Å²) in [7, 11) is 3.33. The highest BCUT2D eigenvalue weighted by Gasteiger charge is 2.43. The first-order valence-electron chi connectivity index (χ1n) is 12.3. The average molecular weight is 543 g/mol. The normalized spacial score (nSPS) is 20.0. The zero-order valence-electron chi connectivity index (χ0n) is 21.2. The molecule has 1 saturated carbocycles. The number of hydrogen-bond donors (Lipinski definition) is 0. The van der Waals surface area contributed by atoms with Gasteiger partial charge in [-0.1, -0.05) is 0 Å². The molecule has 2 fully saturated rings. The molecule has 10 nitrogen and oxygen atoms in total. The summed E-state index contributed by atoms with van der Waals surface area (Å²) in [5.41, 5.74) is -0.00530. The molecule has 204 valence electrons. The van der Waals surface area contributed by atoms with Crippen molar-refractivity contribution in [3.8, 4) is 5.88 Å². The third-order valence-electron chi connectivity index (χ3n) is 6.90. The number of halogens is 3. The molecule has 0 spiro atoms. The Labute approximate surface area is 221 Å². The van der Waals surface area contributed by atoms with Crippen LogP contribution in [-0.4, -0.2) is 75.4 Å². The lowest BCUT2D eigenvalue weighted by molar-refractivity contribution is -0.137. The number of imide groups is 1. The fourth-order valence-electron chi connectivity index (χ4n) is 4.90. The van der Waals surface area contributed by atoms with E-state index < -0.39 is 29.7 Å². The minimum atomic E-state index is -4.62. The van der Waals surface area contributed by atoms with Crippen molar-refractivity contribution >= 4 is 34.4 Å². The van der Waals surface area contributed by atoms with E-state index in [0.29, 0.717) is 54.2 Å². The van der Waals surface area contributed by atoms with Crippen LogP contribution in [0.5, 0.6) is 5.88 Å². The summed E-state index contributed by atoms with van der Waals surface area (Å²) in [5, 5.41) is 0.658. The van der Waals surface area contributed by atoms with Crippen LogP contribution >= 0.6 is 0 Å². The minimum Gasteiger partial charge on any atom is -0.474 e. The van der Waals surface area contributed by atoms with Crippen molar-refractivity contribution in [1.82, 2.24) is 24.8 Å². The molecule has 0 radical (unpaired) electrons. The highest BCUT2D eigenvalue weighted by Crippen LogP contribution is 2.34. The van der Waals surface area contributed by atoms with Crippen molar-refractivity contribution in [2.45, 2.75) is 44.0 Å². The van der Waals surface area contributed by atoms with Gasteiger partial charge in [-0.05, 0) is 49.9 Å². The van der Waals surface area contributed by atoms with Gasteiger partial charge in [-0.15, -0.1) is 0 Å². The molecule has 3 heterocycles. The van der Waals surface area contributed by atoms with Gasteiger partial charge in [0.1, 0.15) is 19.0 Å². The molecule has 1 aliphatic heterocycles. The van der Waals surface area contributed by atoms with Crippen LogP contribution in [0.25, 0.3) is 10.9 Å². The van der Waals surface area contributed by atoms with E-state index in [-0.39, 0.29) is 24.2 Å². The summed E-state index contributed by atoms with van der Waals surface area (Å²) in [6.45, 7) is -0.344. The van der Waals surface area contributed by atoms with E-state index in [1.54, 1.807) is 32.3 Å². The van der Waals surface area contributed by atoms with Gasteiger partial charge in [-0.2, -0.15) is 13.2 Å². The Morgan fingerprint density at radius 1 is 1.05 bits per heavy atom. The number of benzene rings is 1. The quantitative estimate of drug-likeness (QED) is 0.450. The third-order valence-corrected chi connectivity index (χ3v) is 6.90. The number of ether oxygens (including phenoxy) is 1. The van der Waals surface area contributed by atoms with E-state index in [0.717, 1.165) is 22.1 Å². The van der Waals surface area contributed by atoms with Crippen molar-refractivity contribution in [2.75, 3.05) is 25.5 Å². The van der Waals surface area contributed by atoms with Gasteiger partial charge in [-0.3, -0.25) is 24.4 Å². The maximum atomic E-state index is 13.1. The highest BCUT2D eigenvalue weighted by molar-refractivity contribution is 6.12. The van der Waals surface area contributed by atoms with Crippen molar-refractivity contribution < 1.29 is 32.3 Å². The predicted molar refractivity (Wildman–Crippen MR) is 133 cm³/mol. The fourth-order valence-corrected chi connectivity index (χ4v) is 4.90. The van der Waals surface area contributed by atoms with E-state index in [1.807, 2.05) is 0 Å². The Morgan fingerprint density at radius 2 is 1.79 bits per heavy atom. The van der Waals surface area contributed by atoms with Crippen molar-refractivity contribution in [3.05, 3.63) is 54.1 Å². The highest BCUT2D eigenvalue weighted by atomic mass is 19.4. The Morgan fingerprint density at radius 3 is 2.49 bits per heavy atom. The monoisotopic (exact) mass is 542 g/mol. The maximum Gasteiger partial charge on any atom is 0.417 e. The molecule has 13 heteroatoms. The van der Waals surface area contributed by atoms with Crippen LogP contribution in [0.15, 0.2) is 43.0 Å². The molecule has 39 heavy (non-hydrogen) atoms. The Hall–Kier alpha value is -4.29. The first kappa shape index (κ1) is 26.3. The van der Waals surface area contributed by atoms with E-state index >= 15 is 0 Å². The Balaban J connectivity index is 1.25. The van der Waals surface area contributed by atoms with Crippen LogP contribution in [0.2, 0.25) is 0 Å². The fraction of sp³-hybridized carbons (Fsp3) is 0.385. The van der Waals surface area contributed by atoms with Crippen LogP contribution in [-0.2, 0) is 11.0 Å². The van der Waals surface area contributed by atoms with Crippen LogP contribution < -0.4 is 9.64 Å². The van der Waals surface area contributed by atoms with Crippen LogP contribution in [0, 0.1) is 0 Å². The number of aromatic nitrogens is 3. The van der Waals surface area contributed by atoms with Crippen molar-refractivity contribution in [3.63, 3.8) is 0 Å². The average Bonchev–Trinajstić information content (AvgIpc) is 3.21. The Bertz CT molecular complexity index is 1440. The molecule has 3 aromatic rings. The second kappa shape index (κ2) is 10.1. The standard InChI is InChI=1S/C26H25F3N6O4/c1-33(2)24(37)15-3-8-20-21(9-15)31-14-32-23(20)39-19-6-4-17(5-7-19)35-22(36)13-34(25(35)38)18-10-16(11-30-12-18)26(27,28)29/h3,8-12,14,17,19H,4-7,13H2,1-2H3/t17-,19-. The van der Waals surface area contributed by atoms with Gasteiger partial charge in [0, 0.05) is 31.9 Å². The van der Waals surface area contributed by atoms with Gasteiger partial charge >= 0.3 is 12.2 Å². The molecule has 5 rings (SSSR count). The number of anilines is 1. The summed E-state index contributed by atoms with van der Waals surface area (Å²) in [4.78, 5) is 53.8. The molecule has 1 aliphatic carbocycles. The molecule has 0 N–H and O–H groups in total. The number of alkyl halides is 3. The van der Waals surface area contributed by atoms with E-state index in [9.17, 15) is 27.6 Å². The summed E-state index contributed by atoms with van der Waals surface area (Å²) < 4.78 is 45.5. The topological polar surface area (TPSA) is 109 Å². The molecule has 0 unspecified atom stereocenters. The van der Waals surface area contributed by atoms with E-state index in [1.165, 1.54) is 11.2 Å². The summed E-state index contributed by atoms with van der Waals surface area (Å²) >= 11 is 0. The van der Waals surface area contributed by atoms with Crippen molar-refractivity contribution in [1.29, 1.82) is 0 Å². The van der Waals surface area contributed by atoms with Gasteiger partial charge in [-0.25, -0.2) is 14.8 Å². The summed E-state index contributed by atoms with van der Waals surface area (Å²) in [6.07, 6.45) is 0.363. The number of rotatable bonds is 5. The van der Waals surface area contributed by atoms with Crippen LogP contribution in [0.4, 0.5) is 23.7 Å². The third kappa shape index (κ3) is 5.20. The van der Waals surface area contributed by atoms with Gasteiger partial charge in [0.25, 0.3) is 11.8 Å². The maximum absolute atomic E-state index is 13.1. The van der Waals surface area contributed by atoms with Gasteiger partial charge in [0.15, 0.2) is 0 Å². The second-order valence-corrected chi connectivity index (χ2v) is 9.72. The number of carbonyl (C=O) groups is 3. The number of urea groups is 1. The smallest absolute Gasteiger partial charge is 0.417 e. The first-order valence-corrected chi connectivity index (χ1v) is 12.3. The van der Waals surface area contributed by atoms with Crippen LogP contribution in [0.3, 0.4) is 0 Å². The van der Waals surface area contributed by atoms with E-state index in [2.05, 4.69) is 15.0 Å². The molecule has 1 aromatic carbocycles. The van der Waals surface area contributed by atoms with E-state index in [4.69, 9.17) is 4.74 Å². The number of pyridine rings is 1. The number of hydrogen-bond acceptors (Lipinski definition) is 7. The van der Waals surface area contributed by atoms with Crippen molar-refractivity contribution in [2.24, 2.45) is 0 Å². The Kier molecular flexibility index (Phi) is 6.83. The second-order valence-electron chi connectivity index (χ2n) is 9.72. The molecule has 4 amide bonds. The minimum absolute atomic E-state index is 0.0752. The summed E-state index contributed by atoms with van der Waals surface area (Å²) in [6, 6.07) is 4.88. The zero-order valence-corrected chi connectivity index (χ0v) is 21.2. The SMILES string of the molecule is CN(C)C(=O)c1ccc2c(O[C@H]3CC[C@H](N4C(=O)CN(c5cncc(C(F)(F)F)c5)C4=O)CC3)ncnc2c1. The zero-order chi connectivity index (χ0) is 27.9. The lowest BCUT2D eigenvalue weighted by atomic mass is 9.92. The number of nitrogens with zero attached hydrogens (tertiary/aromatic N) is 6. The molecule has 0 bridgehead atoms. The van der Waals surface area contributed by atoms with Gasteiger partial charge in [0.05, 0.1) is 28.4 Å². The van der Waals surface area contributed by atoms with Crippen LogP contribution in [0.1, 0.15) is 41.6 Å². The largest absolute Gasteiger partial charge is 0.474 e. The van der Waals surface area contributed by atoms with Gasteiger partial charge in [0.2, 0.25) is 5.88 Å². The number of amides is 4. The number of fused-ring (bicyclic) bond motifs is 1. The molecule has 2 aromatic heterocycles. The molecular weight excluding hydrogens is 517 g/mol. The first-order chi connectivity index (χ1) is 18.5. The molecule has 1 saturated heterocycles. The predicted octanol–water partition coefficient (Wildman–Crippen LogP) is 3.90. The molecular formula is C26H25F3N6O4. The molecule has 0 atom stereocenters. The van der Waals surface area contributed by atoms with Gasteiger partial charge < -0.3 is 9.64 Å². The molecule has 2 aliphatic rings. The lowest BCUT2D eigenvalue weighted by Crippen LogP contribution is -2.44.